The van der Waals surface area contributed by atoms with Crippen LogP contribution in [0.15, 0.2) is 0 Å². The Morgan fingerprint density at radius 3 is 1.14 bits per heavy atom. The van der Waals surface area contributed by atoms with Crippen LogP contribution in [0, 0.1) is 25.7 Å². The predicted octanol–water partition coefficient (Wildman–Crippen LogP) is 2.99. The van der Waals surface area contributed by atoms with Crippen molar-refractivity contribution in [1.29, 1.82) is 0 Å². The van der Waals surface area contributed by atoms with E-state index in [1.54, 1.807) is 0 Å². The van der Waals surface area contributed by atoms with Gasteiger partial charge >= 0.3 is 48.9 Å². The molecule has 0 aromatic carbocycles. The molecule has 0 N–H and O–H groups in total. The van der Waals surface area contributed by atoms with Crippen LogP contribution >= 0.6 is 8.60 Å². The summed E-state index contributed by atoms with van der Waals surface area (Å²) in [5, 5.41) is 0. The third-order valence-electron chi connectivity index (χ3n) is 3.09. The van der Waals surface area contributed by atoms with Gasteiger partial charge in [-0.2, -0.15) is 11.8 Å². The summed E-state index contributed by atoms with van der Waals surface area (Å²) in [5.74, 6) is 1.41. The molecule has 0 aromatic heterocycles. The van der Waals surface area contributed by atoms with Gasteiger partial charge in [0.1, 0.15) is 0 Å². The van der Waals surface area contributed by atoms with Crippen LogP contribution < -0.4 is 14.7 Å². The second-order valence-electron chi connectivity index (χ2n) is 5.06. The van der Waals surface area contributed by atoms with Gasteiger partial charge in [0, 0.05) is 0 Å². The largest absolute Gasteiger partial charge is 2.00 e. The van der Waals surface area contributed by atoms with Crippen molar-refractivity contribution in [3.05, 3.63) is 13.8 Å². The molecule has 126 valence electrons. The summed E-state index contributed by atoms with van der Waals surface area (Å²) < 4.78 is 0. The molecule has 0 aliphatic rings. The Labute approximate surface area is 175 Å². The zero-order valence-electron chi connectivity index (χ0n) is 14.6. The van der Waals surface area contributed by atoms with Crippen molar-refractivity contribution in [1.82, 2.24) is 0 Å². The van der Waals surface area contributed by atoms with Crippen molar-refractivity contribution < 1.29 is 14.7 Å². The topological polar surface area (TPSA) is 69.2 Å². The van der Waals surface area contributed by atoms with Gasteiger partial charge in [0.2, 0.25) is 0 Å². The second kappa shape index (κ2) is 26.8. The first-order valence-electron chi connectivity index (χ1n) is 7.83. The number of hydrogen-bond acceptors (Lipinski definition) is 3. The van der Waals surface area contributed by atoms with Crippen LogP contribution in [0.3, 0.4) is 0 Å². The molecule has 0 aromatic rings. The molecule has 0 aliphatic carbocycles. The van der Waals surface area contributed by atoms with E-state index in [-0.39, 0.29) is 48.9 Å². The van der Waals surface area contributed by atoms with Gasteiger partial charge in [-0.05, 0) is 0 Å². The number of hydrogen-bond donors (Lipinski definition) is 0. The van der Waals surface area contributed by atoms with Gasteiger partial charge in [-0.25, -0.2) is 0 Å². The summed E-state index contributed by atoms with van der Waals surface area (Å²) in [6, 6.07) is 0. The average molecular weight is 443 g/mol. The average Bonchev–Trinajstić information content (AvgIpc) is 2.42. The minimum Gasteiger partial charge on any atom is -0.854 e. The molecule has 0 saturated carbocycles. The minimum absolute atomic E-state index is 0. The molecule has 0 heterocycles. The van der Waals surface area contributed by atoms with E-state index in [0.717, 1.165) is 0 Å². The van der Waals surface area contributed by atoms with Gasteiger partial charge in [-0.3, -0.25) is 0 Å². The Balaban J connectivity index is -0.000000107. The molecule has 0 fully saturated rings. The molecule has 21 heavy (non-hydrogen) atoms. The van der Waals surface area contributed by atoms with Gasteiger partial charge in [-0.1, -0.05) is 79.1 Å². The predicted molar refractivity (Wildman–Crippen MR) is 90.0 cm³/mol. The Morgan fingerprint density at radius 1 is 0.762 bits per heavy atom. The first kappa shape index (κ1) is 30.7. The molecule has 3 nitrogen and oxygen atoms in total. The molecular weight excluding hydrogens is 408 g/mol. The summed E-state index contributed by atoms with van der Waals surface area (Å²) >= 11 is 0. The van der Waals surface area contributed by atoms with Crippen molar-refractivity contribution in [3.8, 4) is 0 Å². The van der Waals surface area contributed by atoms with E-state index in [1.807, 2.05) is 0 Å². The molecule has 0 spiro atoms. The monoisotopic (exact) mass is 443 g/mol. The zero-order chi connectivity index (χ0) is 16.4. The van der Waals surface area contributed by atoms with Crippen molar-refractivity contribution in [2.45, 2.75) is 79.1 Å². The van der Waals surface area contributed by atoms with Gasteiger partial charge in [0.25, 0.3) is 0 Å². The minimum atomic E-state index is -3.37. The zero-order valence-corrected chi connectivity index (χ0v) is 19.9. The molecule has 0 radical (unpaired) electrons. The van der Waals surface area contributed by atoms with Gasteiger partial charge in [0.05, 0.1) is 0 Å². The van der Waals surface area contributed by atoms with E-state index in [4.69, 9.17) is 14.7 Å². The van der Waals surface area contributed by atoms with Crippen LogP contribution in [0.2, 0.25) is 0 Å². The van der Waals surface area contributed by atoms with Crippen LogP contribution in [-0.4, -0.2) is 48.9 Å². The quantitative estimate of drug-likeness (QED) is 0.330. The van der Waals surface area contributed by atoms with Gasteiger partial charge in [0.15, 0.2) is 0 Å². The van der Waals surface area contributed by atoms with Gasteiger partial charge < -0.3 is 37.1 Å². The van der Waals surface area contributed by atoms with Crippen LogP contribution in [-0.2, 0) is 0 Å². The first-order valence-corrected chi connectivity index (χ1v) is 8.92. The third kappa shape index (κ3) is 44.9. The fourth-order valence-electron chi connectivity index (χ4n) is 1.39. The maximum Gasteiger partial charge on any atom is 2.00 e. The second-order valence-corrected chi connectivity index (χ2v) is 5.50. The maximum atomic E-state index is 8.48. The summed E-state index contributed by atoms with van der Waals surface area (Å²) in [7, 11) is -3.37. The van der Waals surface area contributed by atoms with Crippen molar-refractivity contribution in [3.63, 3.8) is 0 Å². The van der Waals surface area contributed by atoms with Gasteiger partial charge in [-0.15, -0.1) is 0 Å². The molecular formula is C16H34BaO3P-3. The molecule has 0 rings (SSSR count). The van der Waals surface area contributed by atoms with Crippen molar-refractivity contribution in [2.24, 2.45) is 11.8 Å². The number of rotatable bonds is 8. The van der Waals surface area contributed by atoms with E-state index in [0.29, 0.717) is 11.8 Å². The van der Waals surface area contributed by atoms with Crippen LogP contribution in [0.4, 0.5) is 0 Å². The Hall–Kier alpha value is 1.88. The summed E-state index contributed by atoms with van der Waals surface area (Å²) in [6.07, 6.45) is 10.4. The van der Waals surface area contributed by atoms with E-state index >= 15 is 0 Å². The van der Waals surface area contributed by atoms with Crippen LogP contribution in [0.1, 0.15) is 79.1 Å². The Kier molecular flexibility index (Phi) is 39.2. The van der Waals surface area contributed by atoms with E-state index < -0.39 is 8.60 Å². The fraction of sp³-hybridized carbons (Fsp3) is 0.875. The van der Waals surface area contributed by atoms with Crippen LogP contribution in [0.5, 0.6) is 0 Å². The standard InChI is InChI=1S/2C8H17.Ba.O3P/c2*1-4-6-7-8(3)5-2;;1-4(2)3/h2*8H,3-7H2,1-2H3;;/q2*-1;+2;-3. The summed E-state index contributed by atoms with van der Waals surface area (Å²) in [4.78, 5) is 25.4. The fourth-order valence-corrected chi connectivity index (χ4v) is 1.39. The number of unbranched alkanes of at least 4 members (excludes halogenated alkanes) is 2. The SMILES string of the molecule is [Ba+2].[CH2-]C(CC)CCCC.[CH2-]C(CC)CCCC.[O-]P([O-])[O-]. The molecule has 2 unspecified atom stereocenters. The third-order valence-corrected chi connectivity index (χ3v) is 3.09. The first-order chi connectivity index (χ1) is 9.35. The molecule has 0 amide bonds. The van der Waals surface area contributed by atoms with Crippen molar-refractivity contribution >= 4 is 57.5 Å². The van der Waals surface area contributed by atoms with E-state index in [2.05, 4.69) is 41.5 Å². The summed E-state index contributed by atoms with van der Waals surface area (Å²) in [6.45, 7) is 16.8. The molecule has 5 heteroatoms. The molecule has 0 bridgehead atoms. The normalized spacial score (nSPS) is 12.3. The Bertz CT molecular complexity index is 144. The smallest absolute Gasteiger partial charge is 0.854 e. The molecule has 0 aliphatic heterocycles. The Morgan fingerprint density at radius 2 is 1.00 bits per heavy atom. The van der Waals surface area contributed by atoms with E-state index in [9.17, 15) is 0 Å². The summed E-state index contributed by atoms with van der Waals surface area (Å²) in [5.41, 5.74) is 0. The van der Waals surface area contributed by atoms with E-state index in [1.165, 1.54) is 51.4 Å². The molecule has 0 saturated heterocycles. The molecule has 2 atom stereocenters. The van der Waals surface area contributed by atoms with Crippen LogP contribution in [0.25, 0.3) is 0 Å². The maximum absolute atomic E-state index is 8.48. The van der Waals surface area contributed by atoms with Crippen molar-refractivity contribution in [2.75, 3.05) is 0 Å².